The highest BCUT2D eigenvalue weighted by molar-refractivity contribution is 5.84. The van der Waals surface area contributed by atoms with Crippen LogP contribution in [0.5, 0.6) is 0 Å². The van der Waals surface area contributed by atoms with Gasteiger partial charge in [-0.15, -0.1) is 12.3 Å². The summed E-state index contributed by atoms with van der Waals surface area (Å²) in [5.41, 5.74) is -0.627. The third-order valence-corrected chi connectivity index (χ3v) is 5.45. The number of hydrogen-bond acceptors (Lipinski definition) is 3. The second-order valence-corrected chi connectivity index (χ2v) is 5.81. The summed E-state index contributed by atoms with van der Waals surface area (Å²) in [5, 5.41) is 10.2. The molecule has 0 spiro atoms. The van der Waals surface area contributed by atoms with Gasteiger partial charge in [0.15, 0.2) is 5.72 Å². The molecule has 4 fully saturated rings. The van der Waals surface area contributed by atoms with E-state index in [1.54, 1.807) is 11.9 Å². The lowest BCUT2D eigenvalue weighted by Crippen LogP contribution is -2.48. The van der Waals surface area contributed by atoms with Crippen LogP contribution in [0.4, 0.5) is 0 Å². The third-order valence-electron chi connectivity index (χ3n) is 5.45. The number of terminal acetylenes is 1. The van der Waals surface area contributed by atoms with Crippen molar-refractivity contribution in [1.82, 2.24) is 4.90 Å². The Morgan fingerprint density at radius 1 is 1.65 bits per heavy atom. The number of amides is 1. The van der Waals surface area contributed by atoms with Crippen LogP contribution < -0.4 is 0 Å². The Morgan fingerprint density at radius 2 is 2.41 bits per heavy atom. The van der Waals surface area contributed by atoms with Crippen LogP contribution in [0.15, 0.2) is 0 Å². The van der Waals surface area contributed by atoms with Crippen LogP contribution in [-0.2, 0) is 9.53 Å². The first-order valence-electron chi connectivity index (χ1n) is 6.19. The number of fused-ring (bicyclic) bond motifs is 2. The van der Waals surface area contributed by atoms with Crippen molar-refractivity contribution in [3.05, 3.63) is 0 Å². The van der Waals surface area contributed by atoms with Gasteiger partial charge in [0.25, 0.3) is 0 Å². The Bertz CT molecular complexity index is 456. The molecule has 7 unspecified atom stereocenters. The maximum atomic E-state index is 12.3. The zero-order chi connectivity index (χ0) is 11.9. The van der Waals surface area contributed by atoms with E-state index in [1.807, 2.05) is 0 Å². The summed E-state index contributed by atoms with van der Waals surface area (Å²) in [6, 6.07) is 0. The average Bonchev–Trinajstić information content (AvgIpc) is 2.94. The maximum Gasteiger partial charge on any atom is 0.228 e. The lowest BCUT2D eigenvalue weighted by molar-refractivity contribution is -0.171. The molecule has 0 radical (unpaired) electrons. The second-order valence-electron chi connectivity index (χ2n) is 5.81. The Kier molecular flexibility index (Phi) is 1.56. The SMILES string of the molecule is C#CCC12OC3C(O)C4CC3C1C4C(=O)N2C. The highest BCUT2D eigenvalue weighted by Gasteiger charge is 2.77. The minimum atomic E-state index is -0.627. The molecule has 4 heteroatoms. The van der Waals surface area contributed by atoms with E-state index in [-0.39, 0.29) is 29.8 Å². The van der Waals surface area contributed by atoms with Crippen LogP contribution in [0.25, 0.3) is 0 Å². The first-order chi connectivity index (χ1) is 8.12. The standard InChI is InChI=1S/C13H15NO3/c1-3-4-13-9-7-5-6(10(15)11(7)17-13)8(9)12(16)14(13)2/h1,6-11,15H,4-5H2,2H3. The molecule has 2 aliphatic heterocycles. The molecule has 0 aromatic carbocycles. The number of rotatable bonds is 1. The molecule has 2 saturated heterocycles. The van der Waals surface area contributed by atoms with E-state index in [4.69, 9.17) is 11.2 Å². The van der Waals surface area contributed by atoms with Crippen molar-refractivity contribution in [2.75, 3.05) is 7.05 Å². The summed E-state index contributed by atoms with van der Waals surface area (Å²) in [6.07, 6.45) is 6.22. The smallest absolute Gasteiger partial charge is 0.228 e. The van der Waals surface area contributed by atoms with Crippen molar-refractivity contribution < 1.29 is 14.6 Å². The van der Waals surface area contributed by atoms with Crippen LogP contribution in [0, 0.1) is 36.0 Å². The summed E-state index contributed by atoms with van der Waals surface area (Å²) >= 11 is 0. The average molecular weight is 233 g/mol. The molecule has 1 amide bonds. The number of aliphatic hydroxyl groups is 1. The largest absolute Gasteiger partial charge is 0.390 e. The van der Waals surface area contributed by atoms with Gasteiger partial charge in [-0.1, -0.05) is 0 Å². The lowest BCUT2D eigenvalue weighted by atomic mass is 9.76. The first-order valence-corrected chi connectivity index (χ1v) is 6.19. The summed E-state index contributed by atoms with van der Waals surface area (Å²) in [4.78, 5) is 14.0. The Hall–Kier alpha value is -1.05. The molecule has 0 aromatic heterocycles. The van der Waals surface area contributed by atoms with Gasteiger partial charge >= 0.3 is 0 Å². The fraction of sp³-hybridized carbons (Fsp3) is 0.769. The second kappa shape index (κ2) is 2.68. The predicted molar refractivity (Wildman–Crippen MR) is 58.4 cm³/mol. The molecule has 2 bridgehead atoms. The van der Waals surface area contributed by atoms with Gasteiger partial charge in [-0.2, -0.15) is 0 Å². The van der Waals surface area contributed by atoms with E-state index >= 15 is 0 Å². The Balaban J connectivity index is 1.88. The highest BCUT2D eigenvalue weighted by Crippen LogP contribution is 2.67. The number of ether oxygens (including phenoxy) is 1. The molecule has 90 valence electrons. The predicted octanol–water partition coefficient (Wildman–Crippen LogP) is -0.180. The molecule has 17 heavy (non-hydrogen) atoms. The molecule has 2 heterocycles. The molecular weight excluding hydrogens is 218 g/mol. The van der Waals surface area contributed by atoms with Gasteiger partial charge in [0.2, 0.25) is 5.91 Å². The van der Waals surface area contributed by atoms with Gasteiger partial charge in [0.05, 0.1) is 24.5 Å². The Morgan fingerprint density at radius 3 is 3.12 bits per heavy atom. The van der Waals surface area contributed by atoms with Crippen molar-refractivity contribution in [3.8, 4) is 12.3 Å². The fourth-order valence-corrected chi connectivity index (χ4v) is 4.89. The minimum absolute atomic E-state index is 0.0629. The molecule has 1 N–H and O–H groups in total. The molecule has 4 rings (SSSR count). The number of carbonyl (C=O) groups is 1. The quantitative estimate of drug-likeness (QED) is 0.639. The van der Waals surface area contributed by atoms with Crippen LogP contribution in [-0.4, -0.2) is 40.9 Å². The summed E-state index contributed by atoms with van der Waals surface area (Å²) in [7, 11) is 1.78. The monoisotopic (exact) mass is 233 g/mol. The summed E-state index contributed by atoms with van der Waals surface area (Å²) in [5.74, 6) is 3.30. The minimum Gasteiger partial charge on any atom is -0.390 e. The van der Waals surface area contributed by atoms with E-state index in [0.717, 1.165) is 6.42 Å². The highest BCUT2D eigenvalue weighted by atomic mass is 16.6. The van der Waals surface area contributed by atoms with Crippen molar-refractivity contribution in [2.45, 2.75) is 30.8 Å². The molecule has 7 atom stereocenters. The van der Waals surface area contributed by atoms with Crippen LogP contribution in [0.2, 0.25) is 0 Å². The summed E-state index contributed by atoms with van der Waals surface area (Å²) < 4.78 is 6.07. The molecular formula is C13H15NO3. The van der Waals surface area contributed by atoms with Crippen molar-refractivity contribution in [2.24, 2.45) is 23.7 Å². The molecule has 2 aliphatic carbocycles. The number of carbonyl (C=O) groups excluding carboxylic acids is 1. The molecule has 2 saturated carbocycles. The maximum absolute atomic E-state index is 12.3. The number of nitrogens with zero attached hydrogens (tertiary/aromatic N) is 1. The number of hydrogen-bond donors (Lipinski definition) is 1. The van der Waals surface area contributed by atoms with E-state index < -0.39 is 11.8 Å². The van der Waals surface area contributed by atoms with Crippen molar-refractivity contribution in [1.29, 1.82) is 0 Å². The van der Waals surface area contributed by atoms with Gasteiger partial charge in [-0.25, -0.2) is 0 Å². The number of aliphatic hydroxyl groups excluding tert-OH is 1. The number of likely N-dealkylation sites (tertiary alicyclic amines) is 1. The molecule has 4 nitrogen and oxygen atoms in total. The third kappa shape index (κ3) is 0.801. The van der Waals surface area contributed by atoms with Crippen LogP contribution in [0.1, 0.15) is 12.8 Å². The van der Waals surface area contributed by atoms with Crippen molar-refractivity contribution >= 4 is 5.91 Å². The van der Waals surface area contributed by atoms with Crippen LogP contribution >= 0.6 is 0 Å². The normalized spacial score (nSPS) is 57.9. The van der Waals surface area contributed by atoms with E-state index in [9.17, 15) is 9.90 Å². The topological polar surface area (TPSA) is 49.8 Å². The van der Waals surface area contributed by atoms with Gasteiger partial charge in [0.1, 0.15) is 0 Å². The van der Waals surface area contributed by atoms with E-state index in [0.29, 0.717) is 12.3 Å². The Labute approximate surface area is 99.9 Å². The first kappa shape index (κ1) is 9.93. The van der Waals surface area contributed by atoms with Crippen LogP contribution in [0.3, 0.4) is 0 Å². The lowest BCUT2D eigenvalue weighted by Gasteiger charge is -2.35. The summed E-state index contributed by atoms with van der Waals surface area (Å²) in [6.45, 7) is 0. The zero-order valence-corrected chi connectivity index (χ0v) is 9.67. The zero-order valence-electron chi connectivity index (χ0n) is 9.67. The fourth-order valence-electron chi connectivity index (χ4n) is 4.89. The van der Waals surface area contributed by atoms with Gasteiger partial charge < -0.3 is 14.7 Å². The molecule has 4 aliphatic rings. The van der Waals surface area contributed by atoms with Gasteiger partial charge in [-0.05, 0) is 18.3 Å². The molecule has 0 aromatic rings. The van der Waals surface area contributed by atoms with Gasteiger partial charge in [-0.3, -0.25) is 4.79 Å². The van der Waals surface area contributed by atoms with E-state index in [2.05, 4.69) is 5.92 Å². The van der Waals surface area contributed by atoms with Crippen molar-refractivity contribution in [3.63, 3.8) is 0 Å². The van der Waals surface area contributed by atoms with Gasteiger partial charge in [0, 0.05) is 13.0 Å². The van der Waals surface area contributed by atoms with E-state index in [1.165, 1.54) is 0 Å².